The molecular weight excluding hydrogens is 717 g/mol. The molecule has 0 saturated heterocycles. The van der Waals surface area contributed by atoms with Gasteiger partial charge in [-0.05, 0) is 79.8 Å². The quantitative estimate of drug-likeness (QED) is 0.107. The summed E-state index contributed by atoms with van der Waals surface area (Å²) in [6.07, 6.45) is 1.17. The van der Waals surface area contributed by atoms with Gasteiger partial charge in [-0.3, -0.25) is 9.78 Å². The number of aliphatic hydroxyl groups excluding tert-OH is 1. The third kappa shape index (κ3) is 6.96. The van der Waals surface area contributed by atoms with Gasteiger partial charge in [-0.1, -0.05) is 50.8 Å². The number of hydrogen-bond acceptors (Lipinski definition) is 6. The number of benzene rings is 2. The van der Waals surface area contributed by atoms with E-state index in [2.05, 4.69) is 63.0 Å². The average molecular weight is 752 g/mol. The number of aromatic nitrogens is 2. The molecule has 0 aliphatic carbocycles. The molecule has 0 spiro atoms. The third-order valence-electron chi connectivity index (χ3n) is 7.08. The number of pyridine rings is 2. The summed E-state index contributed by atoms with van der Waals surface area (Å²) in [5, 5.41) is 10.4. The Morgan fingerprint density at radius 3 is 2.19 bits per heavy atom. The Morgan fingerprint density at radius 1 is 0.884 bits per heavy atom. The summed E-state index contributed by atoms with van der Waals surface area (Å²) in [5.74, 6) is 1.66. The Bertz CT molecular complexity index is 1930. The van der Waals surface area contributed by atoms with Crippen molar-refractivity contribution in [3.63, 3.8) is 0 Å². The number of furan rings is 2. The predicted octanol–water partition coefficient (Wildman–Crippen LogP) is 9.85. The van der Waals surface area contributed by atoms with Gasteiger partial charge in [-0.2, -0.15) is 0 Å². The monoisotopic (exact) mass is 752 g/mol. The Kier molecular flexibility index (Phi) is 9.68. The zero-order valence-corrected chi connectivity index (χ0v) is 27.8. The van der Waals surface area contributed by atoms with Crippen molar-refractivity contribution in [1.29, 1.82) is 0 Å². The largest absolute Gasteiger partial charge is 0.512 e. The van der Waals surface area contributed by atoms with Crippen LogP contribution in [0.3, 0.4) is 0 Å². The number of carbonyl (C=O) groups excluding carboxylic acids is 1. The average Bonchev–Trinajstić information content (AvgIpc) is 3.53. The van der Waals surface area contributed by atoms with Crippen LogP contribution in [0.25, 0.3) is 55.7 Å². The summed E-state index contributed by atoms with van der Waals surface area (Å²) < 4.78 is 12.4. The molecule has 0 aliphatic heterocycles. The van der Waals surface area contributed by atoms with Crippen molar-refractivity contribution in [2.45, 2.75) is 60.3 Å². The number of aryl methyl sites for hydroxylation is 1. The number of rotatable bonds is 5. The second kappa shape index (κ2) is 13.1. The Morgan fingerprint density at radius 2 is 1.58 bits per heavy atom. The molecule has 0 aliphatic rings. The number of ketones is 1. The van der Waals surface area contributed by atoms with Gasteiger partial charge in [-0.25, -0.2) is 4.98 Å². The molecule has 0 unspecified atom stereocenters. The van der Waals surface area contributed by atoms with E-state index in [-0.39, 0.29) is 31.6 Å². The minimum atomic E-state index is -0.125. The van der Waals surface area contributed by atoms with Crippen LogP contribution in [0.5, 0.6) is 0 Å². The van der Waals surface area contributed by atoms with Gasteiger partial charge >= 0.3 is 0 Å². The summed E-state index contributed by atoms with van der Waals surface area (Å²) in [7, 11) is 0. The number of fused-ring (bicyclic) bond motifs is 4. The molecule has 4 aromatic heterocycles. The molecule has 223 valence electrons. The molecule has 1 N–H and O–H groups in total. The number of allylic oxidation sites excluding steroid dienone is 2. The maximum atomic E-state index is 10.0. The first kappa shape index (κ1) is 31.9. The first-order valence-electron chi connectivity index (χ1n) is 14.1. The number of aliphatic hydroxyl groups is 1. The van der Waals surface area contributed by atoms with E-state index in [4.69, 9.17) is 18.9 Å². The Labute approximate surface area is 265 Å². The van der Waals surface area contributed by atoms with Gasteiger partial charge in [-0.15, -0.1) is 18.2 Å². The van der Waals surface area contributed by atoms with Gasteiger partial charge in [0.2, 0.25) is 5.71 Å². The summed E-state index contributed by atoms with van der Waals surface area (Å²) in [5.41, 5.74) is 9.23. The molecule has 1 radical (unpaired) electrons. The number of hydrogen-bond donors (Lipinski definition) is 1. The second-order valence-electron chi connectivity index (χ2n) is 11.3. The molecule has 7 heteroatoms. The first-order valence-corrected chi connectivity index (χ1v) is 14.1. The van der Waals surface area contributed by atoms with Gasteiger partial charge in [0, 0.05) is 48.9 Å². The van der Waals surface area contributed by atoms with E-state index < -0.39 is 0 Å². The van der Waals surface area contributed by atoms with Crippen molar-refractivity contribution in [3.8, 4) is 22.6 Å². The van der Waals surface area contributed by atoms with Crippen molar-refractivity contribution in [1.82, 2.24) is 9.97 Å². The number of carbonyl (C=O) groups is 1. The molecule has 0 amide bonds. The first-order chi connectivity index (χ1) is 20.0. The van der Waals surface area contributed by atoms with Crippen molar-refractivity contribution < 1.29 is 38.8 Å². The Balaban J connectivity index is 0.000000475. The van der Waals surface area contributed by atoms with Crippen LogP contribution >= 0.6 is 0 Å². The summed E-state index contributed by atoms with van der Waals surface area (Å²) in [6, 6.07) is 24.1. The van der Waals surface area contributed by atoms with Crippen LogP contribution in [0.2, 0.25) is 0 Å². The molecule has 2 aromatic carbocycles. The minimum Gasteiger partial charge on any atom is -0.512 e. The van der Waals surface area contributed by atoms with Gasteiger partial charge in [0.25, 0.3) is 0 Å². The van der Waals surface area contributed by atoms with E-state index in [0.29, 0.717) is 17.5 Å². The van der Waals surface area contributed by atoms with Gasteiger partial charge < -0.3 is 13.9 Å². The molecule has 6 aromatic rings. The maximum Gasteiger partial charge on any atom is 0.216 e. The van der Waals surface area contributed by atoms with Crippen molar-refractivity contribution in [3.05, 3.63) is 95.4 Å². The maximum absolute atomic E-state index is 10.0. The summed E-state index contributed by atoms with van der Waals surface area (Å²) in [6.45, 7) is 13.7. The van der Waals surface area contributed by atoms with Crippen LogP contribution in [0.4, 0.5) is 0 Å². The van der Waals surface area contributed by atoms with Crippen LogP contribution in [0, 0.1) is 13.0 Å². The SMILES string of the molecule is CC(=O)/C=C(/C)O.Cc1ccc2c(n1)oc1c(-c3ccc4oc(-c5cc(C(C)C)cc(C(C)C)c5)cc4n3)[c-]ccc12.[Ir]. The zero-order valence-electron chi connectivity index (χ0n) is 25.4. The Hall–Kier alpha value is -4.06. The minimum absolute atomic E-state index is 0. The van der Waals surface area contributed by atoms with Crippen molar-refractivity contribution in [2.24, 2.45) is 0 Å². The standard InChI is InChI=1S/C31H27N2O2.C5H8O2.Ir/c1-17(2)20-13-21(18(3)4)15-22(14-20)29-16-27-28(34-29)12-11-26(33-27)25-8-6-7-23-24-10-9-19(5)32-31(24)35-30(23)25;1-4(6)3-5(2)7;/h6-7,9-18H,1-5H3;3,6H,1-2H3;/q-1;;/b;4-3-;. The fourth-order valence-electron chi connectivity index (χ4n) is 4.89. The predicted molar refractivity (Wildman–Crippen MR) is 169 cm³/mol. The van der Waals surface area contributed by atoms with E-state index in [0.717, 1.165) is 55.7 Å². The van der Waals surface area contributed by atoms with Gasteiger partial charge in [0.15, 0.2) is 11.4 Å². The molecule has 4 heterocycles. The molecule has 6 rings (SSSR count). The van der Waals surface area contributed by atoms with Gasteiger partial charge in [0.05, 0.1) is 16.9 Å². The van der Waals surface area contributed by atoms with E-state index in [1.807, 2.05) is 43.3 Å². The molecular formula is C36H35IrN2O4-. The normalized spacial score (nSPS) is 11.7. The van der Waals surface area contributed by atoms with E-state index in [1.54, 1.807) is 0 Å². The summed E-state index contributed by atoms with van der Waals surface area (Å²) in [4.78, 5) is 19.5. The third-order valence-corrected chi connectivity index (χ3v) is 7.08. The van der Waals surface area contributed by atoms with E-state index >= 15 is 0 Å². The van der Waals surface area contributed by atoms with Crippen LogP contribution in [-0.2, 0) is 24.9 Å². The fourth-order valence-corrected chi connectivity index (χ4v) is 4.89. The van der Waals surface area contributed by atoms with Crippen LogP contribution in [0.15, 0.2) is 81.3 Å². The molecule has 43 heavy (non-hydrogen) atoms. The second-order valence-corrected chi connectivity index (χ2v) is 11.3. The van der Waals surface area contributed by atoms with Crippen molar-refractivity contribution in [2.75, 3.05) is 0 Å². The molecule has 0 fully saturated rings. The molecule has 0 atom stereocenters. The number of nitrogens with zero attached hydrogens (tertiary/aromatic N) is 2. The summed E-state index contributed by atoms with van der Waals surface area (Å²) >= 11 is 0. The molecule has 0 bridgehead atoms. The van der Waals surface area contributed by atoms with Crippen LogP contribution in [-0.4, -0.2) is 20.9 Å². The van der Waals surface area contributed by atoms with E-state index in [1.165, 1.54) is 31.1 Å². The smallest absolute Gasteiger partial charge is 0.216 e. The fraction of sp³-hybridized carbons (Fsp3) is 0.250. The van der Waals surface area contributed by atoms with Gasteiger partial charge in [0.1, 0.15) is 5.76 Å². The van der Waals surface area contributed by atoms with Crippen molar-refractivity contribution >= 4 is 39.0 Å². The molecule has 6 nitrogen and oxygen atoms in total. The topological polar surface area (TPSA) is 89.4 Å². The molecule has 0 saturated carbocycles. The van der Waals surface area contributed by atoms with Crippen LogP contribution < -0.4 is 0 Å². The zero-order chi connectivity index (χ0) is 30.1. The van der Waals surface area contributed by atoms with E-state index in [9.17, 15) is 4.79 Å². The van der Waals surface area contributed by atoms with Crippen LogP contribution in [0.1, 0.15) is 70.2 Å².